The van der Waals surface area contributed by atoms with Crippen LogP contribution in [0.25, 0.3) is 0 Å². The van der Waals surface area contributed by atoms with Gasteiger partial charge >= 0.3 is 0 Å². The second-order valence-corrected chi connectivity index (χ2v) is 5.33. The van der Waals surface area contributed by atoms with E-state index in [4.69, 9.17) is 0 Å². The third kappa shape index (κ3) is 2.37. The Labute approximate surface area is 108 Å². The van der Waals surface area contributed by atoms with E-state index in [0.29, 0.717) is 6.04 Å². The number of aliphatic hydroxyl groups is 1. The van der Waals surface area contributed by atoms with Gasteiger partial charge in [-0.1, -0.05) is 0 Å². The number of nitrogens with zero attached hydrogens (tertiary/aromatic N) is 5. The third-order valence-electron chi connectivity index (χ3n) is 2.79. The summed E-state index contributed by atoms with van der Waals surface area (Å²) in [6, 6.07) is 4.11. The zero-order valence-corrected chi connectivity index (χ0v) is 10.7. The zero-order valence-electron chi connectivity index (χ0n) is 9.89. The molecule has 3 rings (SSSR count). The molecule has 6 nitrogen and oxygen atoms in total. The maximum absolute atomic E-state index is 9.54. The normalized spacial score (nSPS) is 16.8. The van der Waals surface area contributed by atoms with E-state index in [-0.39, 0.29) is 0 Å². The molecule has 2 aromatic heterocycles. The molecule has 0 amide bonds. The summed E-state index contributed by atoms with van der Waals surface area (Å²) in [6.45, 7) is 1.73. The maximum atomic E-state index is 9.54. The molecule has 1 aliphatic rings. The van der Waals surface area contributed by atoms with Crippen LogP contribution >= 0.6 is 11.8 Å². The van der Waals surface area contributed by atoms with Gasteiger partial charge in [0.15, 0.2) is 0 Å². The van der Waals surface area contributed by atoms with Gasteiger partial charge < -0.3 is 5.11 Å². The summed E-state index contributed by atoms with van der Waals surface area (Å²) < 4.78 is 1.85. The monoisotopic (exact) mass is 263 g/mol. The summed E-state index contributed by atoms with van der Waals surface area (Å²) >= 11 is 1.43. The number of hydrogen-bond donors (Lipinski definition) is 1. The van der Waals surface area contributed by atoms with E-state index in [2.05, 4.69) is 20.5 Å². The Morgan fingerprint density at radius 2 is 2.33 bits per heavy atom. The Hall–Kier alpha value is -1.47. The minimum Gasteiger partial charge on any atom is -0.389 e. The van der Waals surface area contributed by atoms with Gasteiger partial charge in [0.1, 0.15) is 5.03 Å². The molecule has 18 heavy (non-hydrogen) atoms. The number of hydrogen-bond acceptors (Lipinski definition) is 6. The summed E-state index contributed by atoms with van der Waals surface area (Å²) in [7, 11) is 0. The van der Waals surface area contributed by atoms with Gasteiger partial charge in [-0.2, -0.15) is 0 Å². The molecule has 94 valence electrons. The first kappa shape index (κ1) is 11.6. The third-order valence-corrected chi connectivity index (χ3v) is 3.68. The Kier molecular flexibility index (Phi) is 3.00. The molecular weight excluding hydrogens is 250 g/mol. The van der Waals surface area contributed by atoms with Gasteiger partial charge in [-0.15, -0.1) is 5.10 Å². The molecule has 0 aromatic carbocycles. The van der Waals surface area contributed by atoms with Gasteiger partial charge in [0, 0.05) is 6.20 Å². The molecule has 1 saturated carbocycles. The van der Waals surface area contributed by atoms with Gasteiger partial charge in [-0.3, -0.25) is 0 Å². The summed E-state index contributed by atoms with van der Waals surface area (Å²) in [5.74, 6) is 0. The SMILES string of the molecule is C[C@H](O)c1ccnc(Sc2nnnn2C2CC2)c1. The van der Waals surface area contributed by atoms with Crippen LogP contribution in [0.15, 0.2) is 28.5 Å². The molecule has 1 atom stereocenters. The van der Waals surface area contributed by atoms with Gasteiger partial charge in [0.2, 0.25) is 5.16 Å². The van der Waals surface area contributed by atoms with Gasteiger partial charge in [-0.25, -0.2) is 9.67 Å². The molecule has 1 aliphatic carbocycles. The van der Waals surface area contributed by atoms with Crippen LogP contribution in [0, 0.1) is 0 Å². The molecule has 0 spiro atoms. The fourth-order valence-electron chi connectivity index (χ4n) is 1.63. The van der Waals surface area contributed by atoms with E-state index < -0.39 is 6.10 Å². The Bertz CT molecular complexity index is 552. The van der Waals surface area contributed by atoms with E-state index in [1.807, 2.05) is 10.7 Å². The van der Waals surface area contributed by atoms with Gasteiger partial charge in [-0.05, 0) is 59.7 Å². The second-order valence-electron chi connectivity index (χ2n) is 4.34. The Morgan fingerprint density at radius 1 is 1.50 bits per heavy atom. The standard InChI is InChI=1S/C11H13N5OS/c1-7(17)8-4-5-12-10(6-8)18-11-13-14-15-16(11)9-2-3-9/h4-7,9,17H,2-3H2,1H3/t7-/m0/s1. The minimum atomic E-state index is -0.494. The van der Waals surface area contributed by atoms with E-state index in [9.17, 15) is 5.11 Å². The van der Waals surface area contributed by atoms with Crippen LogP contribution in [-0.4, -0.2) is 30.3 Å². The molecule has 7 heteroatoms. The lowest BCUT2D eigenvalue weighted by Crippen LogP contribution is -1.99. The highest BCUT2D eigenvalue weighted by molar-refractivity contribution is 7.99. The quantitative estimate of drug-likeness (QED) is 0.903. The van der Waals surface area contributed by atoms with Crippen molar-refractivity contribution in [1.82, 2.24) is 25.2 Å². The molecule has 0 unspecified atom stereocenters. The summed E-state index contributed by atoms with van der Waals surface area (Å²) in [5, 5.41) is 22.8. The minimum absolute atomic E-state index is 0.447. The van der Waals surface area contributed by atoms with Crippen LogP contribution in [0.5, 0.6) is 0 Å². The smallest absolute Gasteiger partial charge is 0.215 e. The van der Waals surface area contributed by atoms with Crippen LogP contribution in [0.1, 0.15) is 37.5 Å². The molecule has 0 saturated heterocycles. The van der Waals surface area contributed by atoms with E-state index in [1.165, 1.54) is 11.8 Å². The molecule has 0 bridgehead atoms. The number of aromatic nitrogens is 5. The van der Waals surface area contributed by atoms with Crippen LogP contribution in [0.3, 0.4) is 0 Å². The molecule has 1 fully saturated rings. The number of pyridine rings is 1. The lowest BCUT2D eigenvalue weighted by atomic mass is 10.2. The first-order valence-electron chi connectivity index (χ1n) is 5.84. The van der Waals surface area contributed by atoms with Crippen molar-refractivity contribution < 1.29 is 5.11 Å². The molecule has 2 aromatic rings. The van der Waals surface area contributed by atoms with Crippen molar-refractivity contribution in [1.29, 1.82) is 0 Å². The molecule has 2 heterocycles. The van der Waals surface area contributed by atoms with Gasteiger partial charge in [0.05, 0.1) is 12.1 Å². The Balaban J connectivity index is 1.83. The molecule has 0 aliphatic heterocycles. The predicted octanol–water partition coefficient (Wildman–Crippen LogP) is 1.61. The number of rotatable bonds is 4. The zero-order chi connectivity index (χ0) is 12.5. The first-order chi connectivity index (χ1) is 8.74. The van der Waals surface area contributed by atoms with Crippen molar-refractivity contribution in [3.05, 3.63) is 23.9 Å². The van der Waals surface area contributed by atoms with E-state index in [0.717, 1.165) is 28.6 Å². The van der Waals surface area contributed by atoms with Gasteiger partial charge in [0.25, 0.3) is 0 Å². The van der Waals surface area contributed by atoms with Crippen molar-refractivity contribution in [2.75, 3.05) is 0 Å². The van der Waals surface area contributed by atoms with E-state index >= 15 is 0 Å². The molecule has 0 radical (unpaired) electrons. The Morgan fingerprint density at radius 3 is 3.06 bits per heavy atom. The average molecular weight is 263 g/mol. The van der Waals surface area contributed by atoms with Crippen LogP contribution < -0.4 is 0 Å². The average Bonchev–Trinajstić information content (AvgIpc) is 3.11. The molecular formula is C11H13N5OS. The van der Waals surface area contributed by atoms with Crippen molar-refractivity contribution >= 4 is 11.8 Å². The highest BCUT2D eigenvalue weighted by Gasteiger charge is 2.28. The first-order valence-corrected chi connectivity index (χ1v) is 6.65. The van der Waals surface area contributed by atoms with Crippen molar-refractivity contribution in [3.8, 4) is 0 Å². The van der Waals surface area contributed by atoms with E-state index in [1.54, 1.807) is 19.2 Å². The van der Waals surface area contributed by atoms with Crippen molar-refractivity contribution in [2.45, 2.75) is 42.1 Å². The highest BCUT2D eigenvalue weighted by Crippen LogP contribution is 2.37. The second kappa shape index (κ2) is 4.66. The number of tetrazole rings is 1. The number of aliphatic hydroxyl groups excluding tert-OH is 1. The maximum Gasteiger partial charge on any atom is 0.215 e. The van der Waals surface area contributed by atoms with Crippen molar-refractivity contribution in [2.24, 2.45) is 0 Å². The van der Waals surface area contributed by atoms with Crippen molar-refractivity contribution in [3.63, 3.8) is 0 Å². The fraction of sp³-hybridized carbons (Fsp3) is 0.455. The summed E-state index contributed by atoms with van der Waals surface area (Å²) in [4.78, 5) is 4.26. The topological polar surface area (TPSA) is 76.7 Å². The van der Waals surface area contributed by atoms with Crippen LogP contribution in [-0.2, 0) is 0 Å². The lowest BCUT2D eigenvalue weighted by Gasteiger charge is -2.06. The largest absolute Gasteiger partial charge is 0.389 e. The summed E-state index contributed by atoms with van der Waals surface area (Å²) in [6.07, 6.45) is 3.47. The lowest BCUT2D eigenvalue weighted by molar-refractivity contribution is 0.199. The van der Waals surface area contributed by atoms with Crippen LogP contribution in [0.2, 0.25) is 0 Å². The predicted molar refractivity (Wildman–Crippen MR) is 65.1 cm³/mol. The highest BCUT2D eigenvalue weighted by atomic mass is 32.2. The summed E-state index contributed by atoms with van der Waals surface area (Å²) in [5.41, 5.74) is 0.845. The molecule has 1 N–H and O–H groups in total. The fourth-order valence-corrected chi connectivity index (χ4v) is 2.49. The van der Waals surface area contributed by atoms with Crippen LogP contribution in [0.4, 0.5) is 0 Å².